The minimum Gasteiger partial charge on any atom is -0.268 e. The van der Waals surface area contributed by atoms with Gasteiger partial charge in [-0.25, -0.2) is 4.90 Å². The van der Waals surface area contributed by atoms with Gasteiger partial charge in [0, 0.05) is 10.8 Å². The molecule has 1 aliphatic heterocycles. The van der Waals surface area contributed by atoms with Crippen LogP contribution in [0.1, 0.15) is 22.3 Å². The summed E-state index contributed by atoms with van der Waals surface area (Å²) in [4.78, 5) is 28.5. The molecule has 0 aromatic heterocycles. The smallest absolute Gasteiger partial charge is 0.268 e. The lowest BCUT2D eigenvalue weighted by atomic mass is 10.0. The normalized spacial score (nSPS) is 14.0. The van der Waals surface area contributed by atoms with Gasteiger partial charge in [0.2, 0.25) is 0 Å². The van der Waals surface area contributed by atoms with Crippen LogP contribution in [0.2, 0.25) is 5.02 Å². The largest absolute Gasteiger partial charge is 0.272 e. The zero-order chi connectivity index (χ0) is 21.3. The highest BCUT2D eigenvalue weighted by Crippen LogP contribution is 2.40. The summed E-state index contributed by atoms with van der Waals surface area (Å²) in [5.41, 5.74) is 5.00. The average molecular weight is 434 g/mol. The first-order valence-electron chi connectivity index (χ1n) is 9.58. The summed E-state index contributed by atoms with van der Waals surface area (Å²) in [6.07, 6.45) is 0. The van der Waals surface area contributed by atoms with Crippen molar-refractivity contribution in [1.82, 2.24) is 0 Å². The van der Waals surface area contributed by atoms with Gasteiger partial charge in [-0.2, -0.15) is 0 Å². The Hall–Kier alpha value is -2.82. The van der Waals surface area contributed by atoms with E-state index in [1.165, 1.54) is 16.7 Å². The Labute approximate surface area is 185 Å². The summed E-state index contributed by atoms with van der Waals surface area (Å²) in [5.74, 6) is -0.0232. The molecule has 150 valence electrons. The van der Waals surface area contributed by atoms with E-state index in [0.29, 0.717) is 26.9 Å². The van der Waals surface area contributed by atoms with Crippen molar-refractivity contribution in [3.05, 3.63) is 105 Å². The second kappa shape index (κ2) is 8.50. The summed E-state index contributed by atoms with van der Waals surface area (Å²) in [7, 11) is 0. The monoisotopic (exact) mass is 433 g/mol. The van der Waals surface area contributed by atoms with Crippen LogP contribution >= 0.6 is 23.4 Å². The van der Waals surface area contributed by atoms with Crippen molar-refractivity contribution in [3.63, 3.8) is 0 Å². The van der Waals surface area contributed by atoms with Gasteiger partial charge < -0.3 is 0 Å². The molecule has 1 heterocycles. The van der Waals surface area contributed by atoms with E-state index >= 15 is 0 Å². The van der Waals surface area contributed by atoms with Crippen molar-refractivity contribution in [2.24, 2.45) is 0 Å². The molecule has 0 bridgehead atoms. The van der Waals surface area contributed by atoms with Crippen molar-refractivity contribution < 1.29 is 9.59 Å². The van der Waals surface area contributed by atoms with E-state index in [9.17, 15) is 9.59 Å². The second-order valence-electron chi connectivity index (χ2n) is 7.20. The van der Waals surface area contributed by atoms with Gasteiger partial charge in [0.05, 0.1) is 16.2 Å². The van der Waals surface area contributed by atoms with E-state index in [1.54, 1.807) is 24.3 Å². The number of hydrogen-bond donors (Lipinski definition) is 0. The standard InChI is InChI=1S/C25H20ClNO2S/c1-16-11-12-19(13-17(16)2)22-23(30-15-18-7-4-3-5-8-18)25(29)27(24(22)28)21-10-6-9-20(26)14-21/h3-14H,15H2,1-2H3. The molecule has 0 spiro atoms. The molecule has 4 rings (SSSR count). The molecule has 3 aromatic rings. The molecule has 0 N–H and O–H groups in total. The van der Waals surface area contributed by atoms with E-state index < -0.39 is 0 Å². The minimum absolute atomic E-state index is 0.309. The Morgan fingerprint density at radius 2 is 1.60 bits per heavy atom. The average Bonchev–Trinajstić information content (AvgIpc) is 2.99. The molecule has 5 heteroatoms. The van der Waals surface area contributed by atoms with Crippen LogP contribution in [-0.2, 0) is 15.3 Å². The summed E-state index contributed by atoms with van der Waals surface area (Å²) >= 11 is 7.52. The molecule has 0 aliphatic carbocycles. The third kappa shape index (κ3) is 3.93. The number of thioether (sulfide) groups is 1. The zero-order valence-electron chi connectivity index (χ0n) is 16.7. The van der Waals surface area contributed by atoms with Crippen molar-refractivity contribution in [3.8, 4) is 0 Å². The van der Waals surface area contributed by atoms with Gasteiger partial charge in [-0.3, -0.25) is 9.59 Å². The molecule has 0 radical (unpaired) electrons. The molecule has 30 heavy (non-hydrogen) atoms. The van der Waals surface area contributed by atoms with Crippen LogP contribution in [0.25, 0.3) is 5.57 Å². The topological polar surface area (TPSA) is 37.4 Å². The Morgan fingerprint density at radius 1 is 0.833 bits per heavy atom. The molecule has 0 saturated carbocycles. The maximum atomic E-state index is 13.4. The summed E-state index contributed by atoms with van der Waals surface area (Å²) in [5, 5.41) is 0.478. The van der Waals surface area contributed by atoms with E-state index in [1.807, 2.05) is 62.4 Å². The summed E-state index contributed by atoms with van der Waals surface area (Å²) in [6, 6.07) is 22.6. The number of hydrogen-bond acceptors (Lipinski definition) is 3. The molecule has 3 aromatic carbocycles. The highest BCUT2D eigenvalue weighted by atomic mass is 35.5. The first-order valence-corrected chi connectivity index (χ1v) is 10.9. The van der Waals surface area contributed by atoms with Crippen molar-refractivity contribution in [2.45, 2.75) is 19.6 Å². The molecule has 2 amide bonds. The fourth-order valence-electron chi connectivity index (χ4n) is 3.37. The van der Waals surface area contributed by atoms with Gasteiger partial charge >= 0.3 is 0 Å². The predicted molar refractivity (Wildman–Crippen MR) is 125 cm³/mol. The lowest BCUT2D eigenvalue weighted by Crippen LogP contribution is -2.31. The molecule has 1 aliphatic rings. The lowest BCUT2D eigenvalue weighted by molar-refractivity contribution is -0.119. The molecule has 0 unspecified atom stereocenters. The highest BCUT2D eigenvalue weighted by molar-refractivity contribution is 8.03. The van der Waals surface area contributed by atoms with E-state index in [2.05, 4.69) is 0 Å². The van der Waals surface area contributed by atoms with Crippen LogP contribution in [0.4, 0.5) is 5.69 Å². The lowest BCUT2D eigenvalue weighted by Gasteiger charge is -2.15. The maximum absolute atomic E-state index is 13.4. The maximum Gasteiger partial charge on any atom is 0.272 e. The highest BCUT2D eigenvalue weighted by Gasteiger charge is 2.40. The summed E-state index contributed by atoms with van der Waals surface area (Å²) < 4.78 is 0. The van der Waals surface area contributed by atoms with Crippen LogP contribution in [0.15, 0.2) is 77.7 Å². The molecular formula is C25H20ClNO2S. The predicted octanol–water partition coefficient (Wildman–Crippen LogP) is 6.17. The summed E-state index contributed by atoms with van der Waals surface area (Å²) in [6.45, 7) is 4.03. The fraction of sp³-hybridized carbons (Fsp3) is 0.120. The van der Waals surface area contributed by atoms with Crippen molar-refractivity contribution in [2.75, 3.05) is 4.90 Å². The molecule has 0 atom stereocenters. The van der Waals surface area contributed by atoms with E-state index in [-0.39, 0.29) is 11.8 Å². The Morgan fingerprint density at radius 3 is 2.30 bits per heavy atom. The SMILES string of the molecule is Cc1ccc(C2=C(SCc3ccccc3)C(=O)N(c3cccc(Cl)c3)C2=O)cc1C. The molecule has 3 nitrogen and oxygen atoms in total. The number of carbonyl (C=O) groups is 2. The number of aryl methyl sites for hydroxylation is 2. The molecule has 0 saturated heterocycles. The van der Waals surface area contributed by atoms with Crippen molar-refractivity contribution in [1.29, 1.82) is 0 Å². The van der Waals surface area contributed by atoms with Gasteiger partial charge in [-0.1, -0.05) is 66.2 Å². The Kier molecular flexibility index (Phi) is 5.80. The number of carbonyl (C=O) groups excluding carboxylic acids is 2. The van der Waals surface area contributed by atoms with Crippen LogP contribution in [0, 0.1) is 13.8 Å². The zero-order valence-corrected chi connectivity index (χ0v) is 18.3. The van der Waals surface area contributed by atoms with Crippen LogP contribution in [0.3, 0.4) is 0 Å². The van der Waals surface area contributed by atoms with Crippen LogP contribution in [-0.4, -0.2) is 11.8 Å². The number of halogens is 1. The van der Waals surface area contributed by atoms with Crippen LogP contribution < -0.4 is 4.90 Å². The number of imide groups is 1. The molecule has 0 fully saturated rings. The van der Waals surface area contributed by atoms with Crippen LogP contribution in [0.5, 0.6) is 0 Å². The third-order valence-corrected chi connectivity index (χ3v) is 6.51. The first kappa shape index (κ1) is 20.5. The minimum atomic E-state index is -0.318. The van der Waals surface area contributed by atoms with Gasteiger partial charge in [0.1, 0.15) is 0 Å². The third-order valence-electron chi connectivity index (χ3n) is 5.13. The second-order valence-corrected chi connectivity index (χ2v) is 8.63. The van der Waals surface area contributed by atoms with Gasteiger partial charge in [-0.15, -0.1) is 11.8 Å². The van der Waals surface area contributed by atoms with Crippen molar-refractivity contribution >= 4 is 46.4 Å². The van der Waals surface area contributed by atoms with E-state index in [0.717, 1.165) is 22.3 Å². The number of anilines is 1. The fourth-order valence-corrected chi connectivity index (χ4v) is 4.63. The van der Waals surface area contributed by atoms with Gasteiger partial charge in [0.25, 0.3) is 11.8 Å². The number of nitrogens with zero attached hydrogens (tertiary/aromatic N) is 1. The quantitative estimate of drug-likeness (QED) is 0.451. The molecular weight excluding hydrogens is 414 g/mol. The van der Waals surface area contributed by atoms with E-state index in [4.69, 9.17) is 11.6 Å². The number of amides is 2. The first-order chi connectivity index (χ1) is 14.5. The van der Waals surface area contributed by atoms with Gasteiger partial charge in [-0.05, 0) is 54.3 Å². The Bertz CT molecular complexity index is 1170. The van der Waals surface area contributed by atoms with Gasteiger partial charge in [0.15, 0.2) is 0 Å². The number of rotatable bonds is 5. The number of benzene rings is 3. The Balaban J connectivity index is 1.77.